The van der Waals surface area contributed by atoms with Gasteiger partial charge in [0.1, 0.15) is 23.1 Å². The third kappa shape index (κ3) is 3.62. The Morgan fingerprint density at radius 3 is 2.48 bits per heavy atom. The average Bonchev–Trinajstić information content (AvgIpc) is 3.50. The Balaban J connectivity index is 1.39. The van der Waals surface area contributed by atoms with E-state index in [1.54, 1.807) is 0 Å². The molecule has 2 aliphatic rings. The normalized spacial score (nSPS) is 17.7. The third-order valence-electron chi connectivity index (χ3n) is 6.02. The molecule has 0 atom stereocenters. The van der Waals surface area contributed by atoms with E-state index >= 15 is 0 Å². The number of rotatable bonds is 5. The van der Waals surface area contributed by atoms with Crippen LogP contribution in [-0.2, 0) is 6.42 Å². The monoisotopic (exact) mass is 408 g/mol. The molecule has 0 bridgehead atoms. The molecule has 1 aromatic carbocycles. The van der Waals surface area contributed by atoms with Gasteiger partial charge in [-0.15, -0.1) is 10.2 Å². The van der Waals surface area contributed by atoms with Gasteiger partial charge in [-0.1, -0.05) is 48.9 Å². The summed E-state index contributed by atoms with van der Waals surface area (Å²) in [5.41, 5.74) is 2.02. The summed E-state index contributed by atoms with van der Waals surface area (Å²) >= 11 is 6.58. The van der Waals surface area contributed by atoms with E-state index in [1.807, 2.05) is 36.7 Å². The maximum absolute atomic E-state index is 6.58. The van der Waals surface area contributed by atoms with Gasteiger partial charge in [-0.25, -0.2) is 9.97 Å². The van der Waals surface area contributed by atoms with E-state index in [0.717, 1.165) is 55.1 Å². The van der Waals surface area contributed by atoms with Crippen molar-refractivity contribution < 1.29 is 0 Å². The summed E-state index contributed by atoms with van der Waals surface area (Å²) in [6.07, 6.45) is 7.34. The van der Waals surface area contributed by atoms with Crippen LogP contribution in [0.3, 0.4) is 0 Å². The predicted octanol–water partition coefficient (Wildman–Crippen LogP) is 4.67. The molecule has 3 aromatic rings. The molecule has 1 aliphatic heterocycles. The Labute approximate surface area is 176 Å². The van der Waals surface area contributed by atoms with Crippen LogP contribution >= 0.6 is 11.6 Å². The molecule has 0 spiro atoms. The molecular formula is C22H25ClN6. The largest absolute Gasteiger partial charge is 0.356 e. The lowest BCUT2D eigenvalue weighted by Gasteiger charge is -2.33. The number of benzene rings is 1. The molecule has 6 nitrogen and oxygen atoms in total. The van der Waals surface area contributed by atoms with Crippen LogP contribution in [0, 0.1) is 0 Å². The standard InChI is InChI=1S/C22H25ClN6/c1-2-18-19(23)25-20(15-6-4-3-5-7-15)26-22(18)28-12-10-16(11-13-28)21-27-24-14-29(21)17-8-9-17/h3-7,14,16-17H,2,8-13H2,1H3. The molecule has 0 amide bonds. The molecule has 1 saturated heterocycles. The van der Waals surface area contributed by atoms with Crippen molar-refractivity contribution in [2.75, 3.05) is 18.0 Å². The topological polar surface area (TPSA) is 59.7 Å². The summed E-state index contributed by atoms with van der Waals surface area (Å²) in [5.74, 6) is 3.30. The molecule has 0 radical (unpaired) electrons. The first-order chi connectivity index (χ1) is 14.2. The zero-order valence-corrected chi connectivity index (χ0v) is 17.4. The Morgan fingerprint density at radius 2 is 1.79 bits per heavy atom. The number of anilines is 1. The first-order valence-electron chi connectivity index (χ1n) is 10.5. The fourth-order valence-corrected chi connectivity index (χ4v) is 4.55. The van der Waals surface area contributed by atoms with Crippen LogP contribution < -0.4 is 4.90 Å². The molecule has 29 heavy (non-hydrogen) atoms. The van der Waals surface area contributed by atoms with E-state index in [0.29, 0.717) is 22.9 Å². The average molecular weight is 409 g/mol. The molecule has 5 rings (SSSR count). The lowest BCUT2D eigenvalue weighted by atomic mass is 9.95. The molecule has 0 unspecified atom stereocenters. The summed E-state index contributed by atoms with van der Waals surface area (Å²) < 4.78 is 2.30. The van der Waals surface area contributed by atoms with Gasteiger partial charge in [0.2, 0.25) is 0 Å². The Kier molecular flexibility index (Phi) is 4.96. The van der Waals surface area contributed by atoms with Gasteiger partial charge >= 0.3 is 0 Å². The second-order valence-electron chi connectivity index (χ2n) is 7.95. The zero-order chi connectivity index (χ0) is 19.8. The maximum atomic E-state index is 6.58. The van der Waals surface area contributed by atoms with Crippen molar-refractivity contribution in [3.8, 4) is 11.4 Å². The van der Waals surface area contributed by atoms with Gasteiger partial charge in [-0.2, -0.15) is 0 Å². The number of halogens is 1. The number of nitrogens with zero attached hydrogens (tertiary/aromatic N) is 6. The fourth-order valence-electron chi connectivity index (χ4n) is 4.25. The van der Waals surface area contributed by atoms with E-state index in [-0.39, 0.29) is 0 Å². The first-order valence-corrected chi connectivity index (χ1v) is 10.9. The quantitative estimate of drug-likeness (QED) is 0.574. The van der Waals surface area contributed by atoms with Gasteiger partial charge in [0.05, 0.1) is 0 Å². The number of hydrogen-bond acceptors (Lipinski definition) is 5. The van der Waals surface area contributed by atoms with Gasteiger partial charge < -0.3 is 9.47 Å². The minimum Gasteiger partial charge on any atom is -0.356 e. The molecule has 1 aliphatic carbocycles. The minimum absolute atomic E-state index is 0.463. The van der Waals surface area contributed by atoms with E-state index < -0.39 is 0 Å². The highest BCUT2D eigenvalue weighted by molar-refractivity contribution is 6.30. The summed E-state index contributed by atoms with van der Waals surface area (Å²) in [5, 5.41) is 9.19. The van der Waals surface area contributed by atoms with Crippen molar-refractivity contribution in [3.05, 3.63) is 53.2 Å². The number of hydrogen-bond donors (Lipinski definition) is 0. The molecule has 2 fully saturated rings. The Bertz CT molecular complexity index is 990. The summed E-state index contributed by atoms with van der Waals surface area (Å²) in [6.45, 7) is 3.99. The van der Waals surface area contributed by atoms with Gasteiger partial charge in [0.15, 0.2) is 5.82 Å². The maximum Gasteiger partial charge on any atom is 0.163 e. The highest BCUT2D eigenvalue weighted by Gasteiger charge is 2.32. The van der Waals surface area contributed by atoms with Crippen molar-refractivity contribution in [3.63, 3.8) is 0 Å². The number of aromatic nitrogens is 5. The van der Waals surface area contributed by atoms with Crippen LogP contribution in [-0.4, -0.2) is 37.8 Å². The molecule has 1 saturated carbocycles. The smallest absolute Gasteiger partial charge is 0.163 e. The lowest BCUT2D eigenvalue weighted by molar-refractivity contribution is 0.462. The van der Waals surface area contributed by atoms with Crippen LogP contribution in [0.25, 0.3) is 11.4 Å². The van der Waals surface area contributed by atoms with E-state index in [2.05, 4.69) is 31.6 Å². The van der Waals surface area contributed by atoms with E-state index in [9.17, 15) is 0 Å². The van der Waals surface area contributed by atoms with Crippen molar-refractivity contribution in [1.82, 2.24) is 24.7 Å². The Morgan fingerprint density at radius 1 is 1.03 bits per heavy atom. The van der Waals surface area contributed by atoms with Crippen molar-refractivity contribution in [2.45, 2.75) is 51.0 Å². The highest BCUT2D eigenvalue weighted by atomic mass is 35.5. The van der Waals surface area contributed by atoms with Gasteiger partial charge in [0, 0.05) is 36.2 Å². The van der Waals surface area contributed by atoms with Crippen LogP contribution in [0.1, 0.15) is 56.0 Å². The first kappa shape index (κ1) is 18.6. The van der Waals surface area contributed by atoms with Crippen molar-refractivity contribution in [1.29, 1.82) is 0 Å². The van der Waals surface area contributed by atoms with Crippen molar-refractivity contribution >= 4 is 17.4 Å². The molecular weight excluding hydrogens is 384 g/mol. The van der Waals surface area contributed by atoms with Gasteiger partial charge in [-0.3, -0.25) is 0 Å². The fraction of sp³-hybridized carbons (Fsp3) is 0.455. The van der Waals surface area contributed by atoms with Crippen LogP contribution in [0.15, 0.2) is 36.7 Å². The van der Waals surface area contributed by atoms with E-state index in [1.165, 1.54) is 12.8 Å². The molecule has 7 heteroatoms. The van der Waals surface area contributed by atoms with Crippen LogP contribution in [0.5, 0.6) is 0 Å². The highest BCUT2D eigenvalue weighted by Crippen LogP contribution is 2.39. The molecule has 0 N–H and O–H groups in total. The molecule has 3 heterocycles. The second-order valence-corrected chi connectivity index (χ2v) is 8.31. The summed E-state index contributed by atoms with van der Waals surface area (Å²) in [7, 11) is 0. The van der Waals surface area contributed by atoms with Gasteiger partial charge in [-0.05, 0) is 32.1 Å². The van der Waals surface area contributed by atoms with Crippen molar-refractivity contribution in [2.24, 2.45) is 0 Å². The number of piperidine rings is 1. The minimum atomic E-state index is 0.463. The summed E-state index contributed by atoms with van der Waals surface area (Å²) in [4.78, 5) is 11.9. The van der Waals surface area contributed by atoms with Gasteiger partial charge in [0.25, 0.3) is 0 Å². The SMILES string of the molecule is CCc1c(Cl)nc(-c2ccccc2)nc1N1CCC(c2nncn2C2CC2)CC1. The zero-order valence-electron chi connectivity index (χ0n) is 16.6. The van der Waals surface area contributed by atoms with Crippen LogP contribution in [0.2, 0.25) is 5.15 Å². The molecule has 150 valence electrons. The van der Waals surface area contributed by atoms with E-state index in [4.69, 9.17) is 16.6 Å². The van der Waals surface area contributed by atoms with Crippen LogP contribution in [0.4, 0.5) is 5.82 Å². The predicted molar refractivity (Wildman–Crippen MR) is 114 cm³/mol. The molecule has 2 aromatic heterocycles. The third-order valence-corrected chi connectivity index (χ3v) is 6.33. The lowest BCUT2D eigenvalue weighted by Crippen LogP contribution is -2.35. The second kappa shape index (κ2) is 7.75. The summed E-state index contributed by atoms with van der Waals surface area (Å²) in [6, 6.07) is 10.7. The Hall–Kier alpha value is -2.47.